The van der Waals surface area contributed by atoms with Gasteiger partial charge in [-0.2, -0.15) is 0 Å². The quantitative estimate of drug-likeness (QED) is 0.174. The molecule has 0 saturated heterocycles. The largest absolute Gasteiger partial charge is 0.481 e. The van der Waals surface area contributed by atoms with Crippen LogP contribution in [0.3, 0.4) is 0 Å². The van der Waals surface area contributed by atoms with Gasteiger partial charge in [-0.05, 0) is 42.8 Å². The molecular formula is C27H36FN2O3+. The number of halogens is 1. The molecule has 0 radical (unpaired) electrons. The molecule has 1 aromatic heterocycles. The van der Waals surface area contributed by atoms with Crippen LogP contribution in [-0.2, 0) is 29.7 Å². The molecule has 0 aliphatic carbocycles. The molecule has 0 aliphatic heterocycles. The Morgan fingerprint density at radius 3 is 2.33 bits per heavy atom. The SMILES string of the molecule is CCCCCCCCCCOC(=O)Cn1c(COc2ccc(F)cc2)[n+](C)c2ccccc21. The second kappa shape index (κ2) is 13.0. The number of carbonyl (C=O) groups excluding carboxylic acids is 1. The van der Waals surface area contributed by atoms with Gasteiger partial charge in [-0.1, -0.05) is 64.0 Å². The van der Waals surface area contributed by atoms with Gasteiger partial charge in [0, 0.05) is 0 Å². The van der Waals surface area contributed by atoms with Crippen molar-refractivity contribution in [1.82, 2.24) is 4.57 Å². The van der Waals surface area contributed by atoms with Gasteiger partial charge in [-0.3, -0.25) is 0 Å². The maximum Gasteiger partial charge on any atom is 0.348 e. The van der Waals surface area contributed by atoms with Crippen LogP contribution in [0.4, 0.5) is 4.39 Å². The monoisotopic (exact) mass is 455 g/mol. The van der Waals surface area contributed by atoms with Crippen LogP contribution in [0.1, 0.15) is 64.1 Å². The molecule has 33 heavy (non-hydrogen) atoms. The minimum atomic E-state index is -0.304. The van der Waals surface area contributed by atoms with Crippen LogP contribution in [0.25, 0.3) is 11.0 Å². The van der Waals surface area contributed by atoms with Crippen molar-refractivity contribution in [1.29, 1.82) is 0 Å². The minimum Gasteiger partial charge on any atom is -0.481 e. The van der Waals surface area contributed by atoms with Crippen LogP contribution in [0.5, 0.6) is 5.75 Å². The molecular weight excluding hydrogens is 419 g/mol. The van der Waals surface area contributed by atoms with Crippen LogP contribution in [0, 0.1) is 5.82 Å². The molecule has 5 nitrogen and oxygen atoms in total. The number of hydrogen-bond acceptors (Lipinski definition) is 3. The number of nitrogens with zero attached hydrogens (tertiary/aromatic N) is 2. The molecule has 0 saturated carbocycles. The van der Waals surface area contributed by atoms with Crippen molar-refractivity contribution < 1.29 is 23.2 Å². The van der Waals surface area contributed by atoms with E-state index in [4.69, 9.17) is 9.47 Å². The first-order chi connectivity index (χ1) is 16.1. The summed E-state index contributed by atoms with van der Waals surface area (Å²) in [5.74, 6) is 0.860. The van der Waals surface area contributed by atoms with E-state index in [1.54, 1.807) is 12.1 Å². The zero-order valence-electron chi connectivity index (χ0n) is 19.9. The summed E-state index contributed by atoms with van der Waals surface area (Å²) in [6, 6.07) is 13.9. The van der Waals surface area contributed by atoms with Gasteiger partial charge in [-0.25, -0.2) is 18.3 Å². The molecule has 0 atom stereocenters. The smallest absolute Gasteiger partial charge is 0.348 e. The van der Waals surface area contributed by atoms with Crippen molar-refractivity contribution in [2.45, 2.75) is 71.4 Å². The number of ether oxygens (including phenoxy) is 2. The lowest BCUT2D eigenvalue weighted by Crippen LogP contribution is -2.34. The number of aromatic nitrogens is 2. The fraction of sp³-hybridized carbons (Fsp3) is 0.481. The molecule has 0 aliphatic rings. The molecule has 0 unspecified atom stereocenters. The second-order valence-corrected chi connectivity index (χ2v) is 8.49. The average molecular weight is 456 g/mol. The third-order valence-electron chi connectivity index (χ3n) is 5.96. The van der Waals surface area contributed by atoms with E-state index >= 15 is 0 Å². The number of benzene rings is 2. The first-order valence-corrected chi connectivity index (χ1v) is 12.1. The number of rotatable bonds is 14. The number of hydrogen-bond donors (Lipinski definition) is 0. The number of carbonyl (C=O) groups is 1. The summed E-state index contributed by atoms with van der Waals surface area (Å²) < 4.78 is 28.5. The van der Waals surface area contributed by atoms with Crippen LogP contribution >= 0.6 is 0 Å². The highest BCUT2D eigenvalue weighted by Crippen LogP contribution is 2.18. The van der Waals surface area contributed by atoms with Gasteiger partial charge in [0.2, 0.25) is 0 Å². The van der Waals surface area contributed by atoms with Gasteiger partial charge in [0.05, 0.1) is 13.7 Å². The van der Waals surface area contributed by atoms with Gasteiger partial charge in [0.25, 0.3) is 5.82 Å². The molecule has 0 fully saturated rings. The summed E-state index contributed by atoms with van der Waals surface area (Å²) in [4.78, 5) is 12.6. The first-order valence-electron chi connectivity index (χ1n) is 12.1. The lowest BCUT2D eigenvalue weighted by atomic mass is 10.1. The lowest BCUT2D eigenvalue weighted by molar-refractivity contribution is -0.655. The highest BCUT2D eigenvalue weighted by Gasteiger charge is 2.25. The molecule has 3 aromatic rings. The number of para-hydroxylation sites is 2. The molecule has 2 aromatic carbocycles. The zero-order valence-corrected chi connectivity index (χ0v) is 19.9. The van der Waals surface area contributed by atoms with E-state index in [9.17, 15) is 9.18 Å². The third-order valence-corrected chi connectivity index (χ3v) is 5.96. The van der Waals surface area contributed by atoms with Gasteiger partial charge < -0.3 is 9.47 Å². The summed E-state index contributed by atoms with van der Waals surface area (Å²) in [5, 5.41) is 0. The summed E-state index contributed by atoms with van der Waals surface area (Å²) in [6.45, 7) is 3.07. The van der Waals surface area contributed by atoms with Crippen LogP contribution in [0.2, 0.25) is 0 Å². The van der Waals surface area contributed by atoms with Gasteiger partial charge in [-0.15, -0.1) is 0 Å². The first kappa shape index (κ1) is 24.7. The van der Waals surface area contributed by atoms with Crippen LogP contribution in [0.15, 0.2) is 48.5 Å². The molecule has 6 heteroatoms. The maximum absolute atomic E-state index is 13.2. The molecule has 0 bridgehead atoms. The van der Waals surface area contributed by atoms with E-state index in [0.717, 1.165) is 29.7 Å². The Morgan fingerprint density at radius 2 is 1.61 bits per heavy atom. The molecule has 0 N–H and O–H groups in total. The molecule has 3 rings (SSSR count). The highest BCUT2D eigenvalue weighted by molar-refractivity contribution is 5.76. The number of fused-ring (bicyclic) bond motifs is 1. The average Bonchev–Trinajstić information content (AvgIpc) is 3.08. The summed E-state index contributed by atoms with van der Waals surface area (Å²) >= 11 is 0. The van der Waals surface area contributed by atoms with E-state index in [1.165, 1.54) is 50.7 Å². The Bertz CT molecular complexity index is 1010. The fourth-order valence-corrected chi connectivity index (χ4v) is 4.06. The van der Waals surface area contributed by atoms with Crippen LogP contribution < -0.4 is 9.30 Å². The van der Waals surface area contributed by atoms with Crippen LogP contribution in [-0.4, -0.2) is 17.1 Å². The van der Waals surface area contributed by atoms with E-state index < -0.39 is 0 Å². The van der Waals surface area contributed by atoms with E-state index in [-0.39, 0.29) is 24.9 Å². The second-order valence-electron chi connectivity index (χ2n) is 8.49. The number of unbranched alkanes of at least 4 members (excludes halogenated alkanes) is 7. The standard InChI is InChI=1S/C27H36FN2O3/c1-3-4-5-6-7-8-9-12-19-32-27(31)20-30-25-14-11-10-13-24(25)29(2)26(30)21-33-23-17-15-22(28)16-18-23/h10-11,13-18H,3-9,12,19-21H2,1-2H3/q+1. The number of imidazole rings is 1. The van der Waals surface area contributed by atoms with E-state index in [1.807, 2.05) is 40.4 Å². The predicted octanol–water partition coefficient (Wildman–Crippen LogP) is 5.87. The maximum atomic E-state index is 13.2. The minimum absolute atomic E-state index is 0.125. The summed E-state index contributed by atoms with van der Waals surface area (Å²) in [7, 11) is 1.95. The molecule has 0 amide bonds. The van der Waals surface area contributed by atoms with Gasteiger partial charge >= 0.3 is 5.97 Å². The van der Waals surface area contributed by atoms with Crippen molar-refractivity contribution in [3.63, 3.8) is 0 Å². The summed E-state index contributed by atoms with van der Waals surface area (Å²) in [6.07, 6.45) is 9.67. The van der Waals surface area contributed by atoms with Crippen molar-refractivity contribution in [3.8, 4) is 5.75 Å². The Morgan fingerprint density at radius 1 is 0.939 bits per heavy atom. The normalized spacial score (nSPS) is 11.1. The van der Waals surface area contributed by atoms with Crippen molar-refractivity contribution in [2.75, 3.05) is 6.61 Å². The number of aryl methyl sites for hydroxylation is 1. The Balaban J connectivity index is 1.55. The van der Waals surface area contributed by atoms with Gasteiger partial charge in [0.15, 0.2) is 24.2 Å². The lowest BCUT2D eigenvalue weighted by Gasteiger charge is -2.07. The summed E-state index contributed by atoms with van der Waals surface area (Å²) in [5.41, 5.74) is 1.95. The Hall–Kier alpha value is -2.89. The predicted molar refractivity (Wildman–Crippen MR) is 127 cm³/mol. The zero-order chi connectivity index (χ0) is 23.5. The Labute approximate surface area is 196 Å². The highest BCUT2D eigenvalue weighted by atomic mass is 19.1. The third kappa shape index (κ3) is 7.31. The molecule has 0 spiro atoms. The van der Waals surface area contributed by atoms with E-state index in [0.29, 0.717) is 12.4 Å². The van der Waals surface area contributed by atoms with E-state index in [2.05, 4.69) is 6.92 Å². The van der Waals surface area contributed by atoms with Gasteiger partial charge in [0.1, 0.15) is 11.6 Å². The Kier molecular flexibility index (Phi) is 9.73. The van der Waals surface area contributed by atoms with Crippen molar-refractivity contribution >= 4 is 17.0 Å². The van der Waals surface area contributed by atoms with Crippen molar-refractivity contribution in [2.24, 2.45) is 7.05 Å². The fourth-order valence-electron chi connectivity index (χ4n) is 4.06. The molecule has 178 valence electrons. The van der Waals surface area contributed by atoms with Crippen molar-refractivity contribution in [3.05, 3.63) is 60.2 Å². The molecule has 1 heterocycles. The topological polar surface area (TPSA) is 44.3 Å². The number of esters is 1.